The first-order valence-electron chi connectivity index (χ1n) is 9.20. The molecule has 1 aliphatic carbocycles. The average molecular weight is 348 g/mol. The van der Waals surface area contributed by atoms with Crippen LogP contribution < -0.4 is 11.1 Å². The van der Waals surface area contributed by atoms with Gasteiger partial charge >= 0.3 is 0 Å². The van der Waals surface area contributed by atoms with Crippen LogP contribution in [0.4, 0.5) is 0 Å². The van der Waals surface area contributed by atoms with Gasteiger partial charge < -0.3 is 15.6 Å². The van der Waals surface area contributed by atoms with Gasteiger partial charge in [0.15, 0.2) is 0 Å². The number of para-hydroxylation sites is 2. The van der Waals surface area contributed by atoms with E-state index in [1.54, 1.807) is 0 Å². The fourth-order valence-electron chi connectivity index (χ4n) is 3.76. The second kappa shape index (κ2) is 7.30. The number of benzene rings is 2. The van der Waals surface area contributed by atoms with Crippen LogP contribution >= 0.6 is 0 Å². The van der Waals surface area contributed by atoms with Crippen LogP contribution in [0.25, 0.3) is 11.0 Å². The Kier molecular flexibility index (Phi) is 4.71. The van der Waals surface area contributed by atoms with Gasteiger partial charge in [-0.15, -0.1) is 0 Å². The van der Waals surface area contributed by atoms with Crippen molar-refractivity contribution in [3.63, 3.8) is 0 Å². The minimum absolute atomic E-state index is 0.0745. The molecule has 4 rings (SSSR count). The molecule has 0 aliphatic heterocycles. The predicted molar refractivity (Wildman–Crippen MR) is 102 cm³/mol. The van der Waals surface area contributed by atoms with Gasteiger partial charge in [-0.2, -0.15) is 0 Å². The van der Waals surface area contributed by atoms with Crippen LogP contribution in [0.5, 0.6) is 0 Å². The Hall–Kier alpha value is -2.66. The highest BCUT2D eigenvalue weighted by Gasteiger charge is 2.27. The van der Waals surface area contributed by atoms with Crippen molar-refractivity contribution in [1.82, 2.24) is 14.9 Å². The molecule has 1 fully saturated rings. The SMILES string of the molecule is NC1CCC(C(=O)NCc2cccc(Cn3cnc4ccccc43)c2)C1. The minimum Gasteiger partial charge on any atom is -0.352 e. The Morgan fingerprint density at radius 1 is 1.15 bits per heavy atom. The number of nitrogens with zero attached hydrogens (tertiary/aromatic N) is 2. The van der Waals surface area contributed by atoms with Crippen LogP contribution in [-0.2, 0) is 17.9 Å². The summed E-state index contributed by atoms with van der Waals surface area (Å²) >= 11 is 0. The van der Waals surface area contributed by atoms with E-state index in [4.69, 9.17) is 5.73 Å². The van der Waals surface area contributed by atoms with Gasteiger partial charge in [0.1, 0.15) is 0 Å². The maximum Gasteiger partial charge on any atom is 0.223 e. The Morgan fingerprint density at radius 3 is 2.85 bits per heavy atom. The lowest BCUT2D eigenvalue weighted by Crippen LogP contribution is -2.30. The molecule has 134 valence electrons. The number of rotatable bonds is 5. The van der Waals surface area contributed by atoms with Crippen molar-refractivity contribution >= 4 is 16.9 Å². The van der Waals surface area contributed by atoms with Crippen LogP contribution in [-0.4, -0.2) is 21.5 Å². The molecule has 2 unspecified atom stereocenters. The fourth-order valence-corrected chi connectivity index (χ4v) is 3.76. The molecule has 5 nitrogen and oxygen atoms in total. The highest BCUT2D eigenvalue weighted by atomic mass is 16.1. The largest absolute Gasteiger partial charge is 0.352 e. The molecular weight excluding hydrogens is 324 g/mol. The van der Waals surface area contributed by atoms with Gasteiger partial charge in [-0.1, -0.05) is 36.4 Å². The molecule has 1 amide bonds. The number of carbonyl (C=O) groups excluding carboxylic acids is 1. The first kappa shape index (κ1) is 16.8. The van der Waals surface area contributed by atoms with Crippen molar-refractivity contribution in [3.8, 4) is 0 Å². The van der Waals surface area contributed by atoms with Gasteiger partial charge in [-0.05, 0) is 42.5 Å². The van der Waals surface area contributed by atoms with E-state index >= 15 is 0 Å². The number of amides is 1. The summed E-state index contributed by atoms with van der Waals surface area (Å²) in [5.74, 6) is 0.203. The monoisotopic (exact) mass is 348 g/mol. The van der Waals surface area contributed by atoms with E-state index in [2.05, 4.69) is 39.1 Å². The zero-order chi connectivity index (χ0) is 17.9. The van der Waals surface area contributed by atoms with Gasteiger partial charge in [0.2, 0.25) is 5.91 Å². The molecule has 3 N–H and O–H groups in total. The number of nitrogens with two attached hydrogens (primary N) is 1. The summed E-state index contributed by atoms with van der Waals surface area (Å²) < 4.78 is 2.15. The van der Waals surface area contributed by atoms with Crippen LogP contribution in [0.3, 0.4) is 0 Å². The summed E-state index contributed by atoms with van der Waals surface area (Å²) in [6.45, 7) is 1.32. The number of carbonyl (C=O) groups is 1. The van der Waals surface area contributed by atoms with E-state index in [9.17, 15) is 4.79 Å². The van der Waals surface area contributed by atoms with E-state index in [-0.39, 0.29) is 17.9 Å². The second-order valence-corrected chi connectivity index (χ2v) is 7.17. The first-order chi connectivity index (χ1) is 12.7. The van der Waals surface area contributed by atoms with Crippen LogP contribution in [0, 0.1) is 5.92 Å². The summed E-state index contributed by atoms with van der Waals surface area (Å²) in [6.07, 6.45) is 4.54. The van der Waals surface area contributed by atoms with Crippen molar-refractivity contribution in [3.05, 3.63) is 66.0 Å². The van der Waals surface area contributed by atoms with Crippen molar-refractivity contribution in [1.29, 1.82) is 0 Å². The molecule has 0 radical (unpaired) electrons. The smallest absolute Gasteiger partial charge is 0.223 e. The molecule has 26 heavy (non-hydrogen) atoms. The Balaban J connectivity index is 1.41. The normalized spacial score (nSPS) is 19.7. The van der Waals surface area contributed by atoms with Crippen molar-refractivity contribution in [2.75, 3.05) is 0 Å². The molecule has 0 bridgehead atoms. The van der Waals surface area contributed by atoms with Crippen molar-refractivity contribution in [2.45, 2.75) is 38.4 Å². The van der Waals surface area contributed by atoms with Crippen LogP contribution in [0.2, 0.25) is 0 Å². The maximum atomic E-state index is 12.3. The quantitative estimate of drug-likeness (QED) is 0.745. The lowest BCUT2D eigenvalue weighted by molar-refractivity contribution is -0.125. The highest BCUT2D eigenvalue weighted by Crippen LogP contribution is 2.24. The van der Waals surface area contributed by atoms with E-state index in [0.717, 1.165) is 42.4 Å². The Bertz CT molecular complexity index is 917. The summed E-state index contributed by atoms with van der Waals surface area (Å²) in [7, 11) is 0. The zero-order valence-corrected chi connectivity index (χ0v) is 14.8. The molecular formula is C21H24N4O. The van der Waals surface area contributed by atoms with Crippen LogP contribution in [0.1, 0.15) is 30.4 Å². The molecule has 1 aromatic heterocycles. The number of aromatic nitrogens is 2. The summed E-state index contributed by atoms with van der Waals surface area (Å²) in [5.41, 5.74) is 10.4. The van der Waals surface area contributed by atoms with E-state index in [1.165, 1.54) is 5.56 Å². The number of fused-ring (bicyclic) bond motifs is 1. The zero-order valence-electron chi connectivity index (χ0n) is 14.8. The van der Waals surface area contributed by atoms with Gasteiger partial charge in [-0.25, -0.2) is 4.98 Å². The fraction of sp³-hybridized carbons (Fsp3) is 0.333. The van der Waals surface area contributed by atoms with Gasteiger partial charge in [0.25, 0.3) is 0 Å². The molecule has 5 heteroatoms. The third-order valence-electron chi connectivity index (χ3n) is 5.18. The predicted octanol–water partition coefficient (Wildman–Crippen LogP) is 2.83. The first-order valence-corrected chi connectivity index (χ1v) is 9.20. The Morgan fingerprint density at radius 2 is 2.00 bits per heavy atom. The van der Waals surface area contributed by atoms with E-state index < -0.39 is 0 Å². The van der Waals surface area contributed by atoms with Crippen molar-refractivity contribution < 1.29 is 4.79 Å². The third-order valence-corrected chi connectivity index (χ3v) is 5.18. The summed E-state index contributed by atoms with van der Waals surface area (Å²) in [6, 6.07) is 16.7. The third kappa shape index (κ3) is 3.63. The number of hydrogen-bond donors (Lipinski definition) is 2. The maximum absolute atomic E-state index is 12.3. The lowest BCUT2D eigenvalue weighted by Gasteiger charge is -2.12. The van der Waals surface area contributed by atoms with Gasteiger partial charge in [0.05, 0.1) is 17.4 Å². The van der Waals surface area contributed by atoms with E-state index in [0.29, 0.717) is 6.54 Å². The minimum atomic E-state index is 0.0745. The van der Waals surface area contributed by atoms with Crippen molar-refractivity contribution in [2.24, 2.45) is 11.7 Å². The molecule has 1 heterocycles. The Labute approximate surface area is 153 Å². The average Bonchev–Trinajstić information content (AvgIpc) is 3.27. The van der Waals surface area contributed by atoms with E-state index in [1.807, 2.05) is 30.6 Å². The van der Waals surface area contributed by atoms with Gasteiger partial charge in [-0.3, -0.25) is 4.79 Å². The highest BCUT2D eigenvalue weighted by molar-refractivity contribution is 5.79. The summed E-state index contributed by atoms with van der Waals surface area (Å²) in [4.78, 5) is 16.7. The topological polar surface area (TPSA) is 72.9 Å². The molecule has 0 spiro atoms. The van der Waals surface area contributed by atoms with Gasteiger partial charge in [0, 0.05) is 25.0 Å². The molecule has 2 atom stereocenters. The number of imidazole rings is 1. The molecule has 1 aliphatic rings. The number of hydrogen-bond acceptors (Lipinski definition) is 3. The number of nitrogens with one attached hydrogen (secondary N) is 1. The lowest BCUT2D eigenvalue weighted by atomic mass is 10.1. The second-order valence-electron chi connectivity index (χ2n) is 7.17. The summed E-state index contributed by atoms with van der Waals surface area (Å²) in [5, 5.41) is 3.06. The van der Waals surface area contributed by atoms with Crippen LogP contribution in [0.15, 0.2) is 54.9 Å². The molecule has 0 saturated heterocycles. The standard InChI is InChI=1S/C21H24N4O/c22-18-9-8-17(11-18)21(26)23-12-15-4-3-5-16(10-15)13-25-14-24-19-6-1-2-7-20(19)25/h1-7,10,14,17-18H,8-9,11-13,22H2,(H,23,26). The molecule has 2 aromatic carbocycles. The molecule has 3 aromatic rings. The molecule has 1 saturated carbocycles.